The van der Waals surface area contributed by atoms with E-state index in [-0.39, 0.29) is 12.9 Å². The molecule has 1 aromatic heterocycles. The van der Waals surface area contributed by atoms with Crippen molar-refractivity contribution in [3.05, 3.63) is 40.1 Å². The minimum Gasteiger partial charge on any atom is -0.488 e. The molecular weight excluding hydrogens is 374 g/mol. The Balaban J connectivity index is 1.21. The highest BCUT2D eigenvalue weighted by Crippen LogP contribution is 2.40. The molecular formula is C22H27NO4S. The molecule has 150 valence electrons. The van der Waals surface area contributed by atoms with E-state index < -0.39 is 6.10 Å². The molecule has 0 amide bonds. The average molecular weight is 402 g/mol. The van der Waals surface area contributed by atoms with Gasteiger partial charge in [0, 0.05) is 35.5 Å². The molecule has 1 saturated carbocycles. The molecule has 3 aliphatic rings. The van der Waals surface area contributed by atoms with Gasteiger partial charge < -0.3 is 19.3 Å². The van der Waals surface area contributed by atoms with Gasteiger partial charge in [0.25, 0.3) is 0 Å². The Hall–Kier alpha value is -1.76. The number of benzene rings is 1. The van der Waals surface area contributed by atoms with Crippen LogP contribution in [-0.2, 0) is 13.0 Å². The first-order valence-corrected chi connectivity index (χ1v) is 11.0. The smallest absolute Gasteiger partial charge is 0.231 e. The van der Waals surface area contributed by atoms with Crippen LogP contribution in [0.3, 0.4) is 0 Å². The highest BCUT2D eigenvalue weighted by molar-refractivity contribution is 7.11. The molecule has 1 N–H and O–H groups in total. The predicted octanol–water partition coefficient (Wildman–Crippen LogP) is 3.69. The number of hydrogen-bond acceptors (Lipinski definition) is 6. The molecule has 2 aliphatic heterocycles. The largest absolute Gasteiger partial charge is 0.488 e. The molecule has 2 aromatic rings. The summed E-state index contributed by atoms with van der Waals surface area (Å²) in [6, 6.07) is 10.2. The Morgan fingerprint density at radius 3 is 2.68 bits per heavy atom. The van der Waals surface area contributed by atoms with E-state index in [1.165, 1.54) is 9.75 Å². The van der Waals surface area contributed by atoms with Crippen molar-refractivity contribution in [2.24, 2.45) is 11.8 Å². The number of aliphatic hydroxyl groups is 1. The third-order valence-corrected chi connectivity index (χ3v) is 7.45. The van der Waals surface area contributed by atoms with Gasteiger partial charge in [-0.1, -0.05) is 6.92 Å². The molecule has 0 spiro atoms. The van der Waals surface area contributed by atoms with Gasteiger partial charge in [-0.25, -0.2) is 0 Å². The topological polar surface area (TPSA) is 51.2 Å². The summed E-state index contributed by atoms with van der Waals surface area (Å²) in [6.07, 6.45) is 2.26. The number of aryl methyl sites for hydroxylation is 1. The molecule has 4 atom stereocenters. The third-order valence-electron chi connectivity index (χ3n) is 6.24. The summed E-state index contributed by atoms with van der Waals surface area (Å²) in [4.78, 5) is 5.46. The van der Waals surface area contributed by atoms with Crippen molar-refractivity contribution in [3.8, 4) is 17.2 Å². The lowest BCUT2D eigenvalue weighted by molar-refractivity contribution is -0.0232. The van der Waals surface area contributed by atoms with Gasteiger partial charge in [-0.15, -0.1) is 11.3 Å². The molecule has 1 aromatic carbocycles. The number of aliphatic hydroxyl groups excluding tert-OH is 1. The zero-order valence-electron chi connectivity index (χ0n) is 16.2. The van der Waals surface area contributed by atoms with Crippen molar-refractivity contribution >= 4 is 11.3 Å². The lowest BCUT2D eigenvalue weighted by Gasteiger charge is -2.35. The van der Waals surface area contributed by atoms with Crippen LogP contribution in [-0.4, -0.2) is 42.1 Å². The van der Waals surface area contributed by atoms with Crippen LogP contribution >= 0.6 is 11.3 Å². The SMILES string of the molecule is CCc1ccc(CN2C[C@H]3C[C@@H](Oc4ccc5c(c4)OCO5)[C@H](O)C[C@H]3C2)s1. The van der Waals surface area contributed by atoms with E-state index in [9.17, 15) is 5.11 Å². The first kappa shape index (κ1) is 18.3. The van der Waals surface area contributed by atoms with Gasteiger partial charge >= 0.3 is 0 Å². The number of ether oxygens (including phenoxy) is 3. The van der Waals surface area contributed by atoms with Crippen LogP contribution < -0.4 is 14.2 Å². The number of fused-ring (bicyclic) bond motifs is 2. The summed E-state index contributed by atoms with van der Waals surface area (Å²) in [5.74, 6) is 3.37. The van der Waals surface area contributed by atoms with E-state index in [0.717, 1.165) is 56.1 Å². The van der Waals surface area contributed by atoms with E-state index in [1.54, 1.807) is 0 Å². The minimum absolute atomic E-state index is 0.157. The number of thiophene rings is 1. The lowest BCUT2D eigenvalue weighted by atomic mass is 9.78. The second-order valence-corrected chi connectivity index (χ2v) is 9.40. The molecule has 28 heavy (non-hydrogen) atoms. The number of rotatable bonds is 5. The van der Waals surface area contributed by atoms with E-state index >= 15 is 0 Å². The fourth-order valence-corrected chi connectivity index (χ4v) is 5.79. The molecule has 0 bridgehead atoms. The number of nitrogens with zero attached hydrogens (tertiary/aromatic N) is 1. The Bertz CT molecular complexity index is 838. The maximum atomic E-state index is 10.7. The molecule has 0 radical (unpaired) electrons. The van der Waals surface area contributed by atoms with Crippen LogP contribution in [0.4, 0.5) is 0 Å². The maximum Gasteiger partial charge on any atom is 0.231 e. The first-order chi connectivity index (χ1) is 13.7. The standard InChI is InChI=1S/C22H27NO4S/c1-2-17-4-5-18(28-17)12-23-10-14-7-19(24)21(8-15(14)11-23)27-16-3-6-20-22(9-16)26-13-25-20/h3-6,9,14-15,19,21,24H,2,7-8,10-13H2,1H3/t14-,15+,19+,21+/m0/s1. The van der Waals surface area contributed by atoms with Crippen molar-refractivity contribution in [2.75, 3.05) is 19.9 Å². The molecule has 1 aliphatic carbocycles. The monoisotopic (exact) mass is 401 g/mol. The quantitative estimate of drug-likeness (QED) is 0.828. The van der Waals surface area contributed by atoms with E-state index in [0.29, 0.717) is 11.8 Å². The number of hydrogen-bond donors (Lipinski definition) is 1. The summed E-state index contributed by atoms with van der Waals surface area (Å²) < 4.78 is 17.0. The Morgan fingerprint density at radius 1 is 1.07 bits per heavy atom. The first-order valence-electron chi connectivity index (χ1n) is 10.2. The van der Waals surface area contributed by atoms with Gasteiger partial charge in [0.05, 0.1) is 6.10 Å². The van der Waals surface area contributed by atoms with E-state index in [1.807, 2.05) is 29.5 Å². The average Bonchev–Trinajstić information content (AvgIpc) is 3.41. The van der Waals surface area contributed by atoms with Crippen LogP contribution in [0, 0.1) is 11.8 Å². The summed E-state index contributed by atoms with van der Waals surface area (Å²) in [7, 11) is 0. The van der Waals surface area contributed by atoms with Crippen molar-refractivity contribution in [3.63, 3.8) is 0 Å². The Kier molecular flexibility index (Phi) is 4.95. The second kappa shape index (κ2) is 7.58. The molecule has 5 nitrogen and oxygen atoms in total. The van der Waals surface area contributed by atoms with Crippen molar-refractivity contribution < 1.29 is 19.3 Å². The third kappa shape index (κ3) is 3.61. The van der Waals surface area contributed by atoms with Crippen LogP contribution in [0.25, 0.3) is 0 Å². The van der Waals surface area contributed by atoms with E-state index in [2.05, 4.69) is 24.0 Å². The maximum absolute atomic E-state index is 10.7. The van der Waals surface area contributed by atoms with E-state index in [4.69, 9.17) is 14.2 Å². The Morgan fingerprint density at radius 2 is 1.86 bits per heavy atom. The summed E-state index contributed by atoms with van der Waals surface area (Å²) in [5, 5.41) is 10.7. The van der Waals surface area contributed by atoms with Crippen LogP contribution in [0.5, 0.6) is 17.2 Å². The van der Waals surface area contributed by atoms with Gasteiger partial charge in [-0.2, -0.15) is 0 Å². The highest BCUT2D eigenvalue weighted by atomic mass is 32.1. The fourth-order valence-electron chi connectivity index (χ4n) is 4.79. The molecule has 1 saturated heterocycles. The van der Waals surface area contributed by atoms with Crippen LogP contribution in [0.15, 0.2) is 30.3 Å². The molecule has 5 rings (SSSR count). The van der Waals surface area contributed by atoms with Crippen LogP contribution in [0.1, 0.15) is 29.5 Å². The second-order valence-electron chi connectivity index (χ2n) is 8.15. The van der Waals surface area contributed by atoms with Crippen molar-refractivity contribution in [1.29, 1.82) is 0 Å². The van der Waals surface area contributed by atoms with Crippen molar-refractivity contribution in [1.82, 2.24) is 4.90 Å². The zero-order valence-corrected chi connectivity index (χ0v) is 17.0. The summed E-state index contributed by atoms with van der Waals surface area (Å²) >= 11 is 1.93. The molecule has 0 unspecified atom stereocenters. The predicted molar refractivity (Wildman–Crippen MR) is 108 cm³/mol. The van der Waals surface area contributed by atoms with Gasteiger partial charge in [0.1, 0.15) is 11.9 Å². The normalized spacial score (nSPS) is 29.1. The Labute approximate surface area is 169 Å². The van der Waals surface area contributed by atoms with Gasteiger partial charge in [0.15, 0.2) is 11.5 Å². The highest BCUT2D eigenvalue weighted by Gasteiger charge is 2.42. The lowest BCUT2D eigenvalue weighted by Crippen LogP contribution is -2.42. The fraction of sp³-hybridized carbons (Fsp3) is 0.545. The summed E-state index contributed by atoms with van der Waals surface area (Å²) in [5.41, 5.74) is 0. The molecule has 2 fully saturated rings. The summed E-state index contributed by atoms with van der Waals surface area (Å²) in [6.45, 7) is 5.67. The number of likely N-dealkylation sites (tertiary alicyclic amines) is 1. The van der Waals surface area contributed by atoms with Gasteiger partial charge in [-0.3, -0.25) is 4.90 Å². The van der Waals surface area contributed by atoms with Crippen LogP contribution in [0.2, 0.25) is 0 Å². The van der Waals surface area contributed by atoms with Crippen molar-refractivity contribution in [2.45, 2.75) is 44.9 Å². The molecule has 3 heterocycles. The zero-order chi connectivity index (χ0) is 19.1. The van der Waals surface area contributed by atoms with Gasteiger partial charge in [0.2, 0.25) is 6.79 Å². The molecule has 6 heteroatoms. The minimum atomic E-state index is -0.417. The van der Waals surface area contributed by atoms with Gasteiger partial charge in [-0.05, 0) is 55.4 Å².